The summed E-state index contributed by atoms with van der Waals surface area (Å²) in [6.07, 6.45) is 1.33. The van der Waals surface area contributed by atoms with Gasteiger partial charge in [-0.2, -0.15) is 0 Å². The number of hydrogen-bond acceptors (Lipinski definition) is 13. The van der Waals surface area contributed by atoms with Crippen molar-refractivity contribution in [3.63, 3.8) is 0 Å². The summed E-state index contributed by atoms with van der Waals surface area (Å²) in [5.41, 5.74) is 27.3. The van der Waals surface area contributed by atoms with Crippen molar-refractivity contribution in [1.29, 1.82) is 0 Å². The van der Waals surface area contributed by atoms with Gasteiger partial charge in [0.25, 0.3) is 0 Å². The fourth-order valence-electron chi connectivity index (χ4n) is 5.90. The smallest absolute Gasteiger partial charge is 0.326 e. The molecule has 1 saturated heterocycles. The second-order valence-electron chi connectivity index (χ2n) is 14.2. The fourth-order valence-corrected chi connectivity index (χ4v) is 5.90. The average molecular weight is 815 g/mol. The number of unbranched alkanes of at least 4 members (excludes halogenated alkanes) is 1. The van der Waals surface area contributed by atoms with E-state index in [1.54, 1.807) is 13.8 Å². The second kappa shape index (κ2) is 25.9. The van der Waals surface area contributed by atoms with E-state index in [9.17, 15) is 53.7 Å². The Morgan fingerprint density at radius 2 is 1.28 bits per heavy atom. The summed E-state index contributed by atoms with van der Waals surface area (Å²) in [6, 6.07) is -9.33. The van der Waals surface area contributed by atoms with E-state index in [4.69, 9.17) is 28.7 Å². The number of aliphatic carboxylic acids is 1. The normalized spacial score (nSPS) is 16.9. The molecule has 1 aliphatic rings. The molecular formula is C34H62N12O11. The first kappa shape index (κ1) is 49.9. The molecule has 0 unspecified atom stereocenters. The van der Waals surface area contributed by atoms with Crippen LogP contribution in [0.1, 0.15) is 78.1 Å². The first-order valence-electron chi connectivity index (χ1n) is 18.9. The number of rotatable bonds is 27. The molecule has 18 N–H and O–H groups in total. The fraction of sp³-hybridized carbons (Fsp3) is 0.735. The van der Waals surface area contributed by atoms with Gasteiger partial charge in [-0.1, -0.05) is 13.8 Å². The molecule has 1 heterocycles. The molecule has 0 bridgehead atoms. The molecule has 0 saturated carbocycles. The molecule has 1 aliphatic heterocycles. The average Bonchev–Trinajstić information content (AvgIpc) is 3.65. The predicted molar refractivity (Wildman–Crippen MR) is 205 cm³/mol. The van der Waals surface area contributed by atoms with Crippen molar-refractivity contribution in [2.24, 2.45) is 39.6 Å². The molecule has 0 radical (unpaired) electrons. The molecular weight excluding hydrogens is 752 g/mol. The lowest BCUT2D eigenvalue weighted by molar-refractivity contribution is -0.145. The van der Waals surface area contributed by atoms with Crippen LogP contribution in [0.3, 0.4) is 0 Å². The van der Waals surface area contributed by atoms with Crippen molar-refractivity contribution < 1.29 is 53.7 Å². The van der Waals surface area contributed by atoms with Crippen LogP contribution in [0, 0.1) is 5.92 Å². The number of aliphatic hydroxyl groups is 2. The number of nitrogens with zero attached hydrogens (tertiary/aromatic N) is 2. The molecule has 0 spiro atoms. The summed E-state index contributed by atoms with van der Waals surface area (Å²) in [6.45, 7) is 2.17. The lowest BCUT2D eigenvalue weighted by Crippen LogP contribution is -2.60. The lowest BCUT2D eigenvalue weighted by Gasteiger charge is -2.30. The highest BCUT2D eigenvalue weighted by atomic mass is 16.4. The van der Waals surface area contributed by atoms with E-state index in [0.29, 0.717) is 19.3 Å². The quantitative estimate of drug-likeness (QED) is 0.0209. The first-order chi connectivity index (χ1) is 26.9. The van der Waals surface area contributed by atoms with Crippen molar-refractivity contribution in [2.45, 2.75) is 120 Å². The Labute approximate surface area is 331 Å². The number of hydrogen-bond donors (Lipinski definition) is 13. The molecule has 0 aromatic rings. The largest absolute Gasteiger partial charge is 0.480 e. The maximum absolute atomic E-state index is 13.6. The molecule has 324 valence electrons. The van der Waals surface area contributed by atoms with E-state index in [1.165, 1.54) is 0 Å². The molecule has 23 heteroatoms. The molecule has 0 aromatic carbocycles. The van der Waals surface area contributed by atoms with E-state index in [2.05, 4.69) is 31.6 Å². The topological polar surface area (TPSA) is 403 Å². The number of carboxylic acid groups (broad SMARTS) is 1. The summed E-state index contributed by atoms with van der Waals surface area (Å²) in [7, 11) is 0. The number of amides is 7. The first-order valence-corrected chi connectivity index (χ1v) is 18.9. The van der Waals surface area contributed by atoms with Gasteiger partial charge in [-0.15, -0.1) is 0 Å². The van der Waals surface area contributed by atoms with Crippen LogP contribution in [0.5, 0.6) is 0 Å². The minimum Gasteiger partial charge on any atom is -0.480 e. The van der Waals surface area contributed by atoms with Gasteiger partial charge >= 0.3 is 5.97 Å². The minimum absolute atomic E-state index is 0.0129. The molecule has 7 amide bonds. The monoisotopic (exact) mass is 814 g/mol. The van der Waals surface area contributed by atoms with Gasteiger partial charge in [0.15, 0.2) is 5.96 Å². The molecule has 0 aromatic heterocycles. The van der Waals surface area contributed by atoms with Crippen molar-refractivity contribution in [2.75, 3.05) is 32.8 Å². The molecule has 1 rings (SSSR count). The van der Waals surface area contributed by atoms with E-state index in [0.717, 1.165) is 4.90 Å². The Balaban J connectivity index is 3.15. The zero-order valence-electron chi connectivity index (χ0n) is 32.6. The van der Waals surface area contributed by atoms with Crippen molar-refractivity contribution in [1.82, 2.24) is 31.5 Å². The Morgan fingerprint density at radius 1 is 0.737 bits per heavy atom. The summed E-state index contributed by atoms with van der Waals surface area (Å²) >= 11 is 0. The van der Waals surface area contributed by atoms with Crippen molar-refractivity contribution in [3.8, 4) is 0 Å². The van der Waals surface area contributed by atoms with Gasteiger partial charge in [-0.05, 0) is 70.3 Å². The number of guanidine groups is 1. The number of aliphatic hydroxyl groups excluding tert-OH is 2. The Bertz CT molecular complexity index is 1410. The van der Waals surface area contributed by atoms with Crippen LogP contribution in [0.2, 0.25) is 0 Å². The minimum atomic E-state index is -1.65. The number of nitrogens with one attached hydrogen (secondary N) is 5. The highest BCUT2D eigenvalue weighted by Crippen LogP contribution is 2.20. The molecule has 1 fully saturated rings. The number of carbonyl (C=O) groups is 8. The van der Waals surface area contributed by atoms with Crippen LogP contribution in [0.15, 0.2) is 4.99 Å². The standard InChI is InChI=1S/C34H62N12O11/c1-18(2)15-22(33(56)57)43-31(54)25-9-6-14-46(25)32(55)24(17-48)45-29(52)20(7-3-4-12-35)42-30(53)23(16-47)44-28(51)21(8-5-13-40-34(38)39)41-27(50)19(36)10-11-26(37)49/h18-25,47-48H,3-17,35-36H2,1-2H3,(H2,37,49)(H,41,50)(H,42,53)(H,43,54)(H,44,51)(H,45,52)(H,56,57)(H4,38,39,40)/t19-,20-,21-,22-,23-,24-,25-/m0/s1. The zero-order chi connectivity index (χ0) is 43.2. The van der Waals surface area contributed by atoms with Gasteiger partial charge in [-0.3, -0.25) is 38.6 Å². The Hall–Kier alpha value is -5.13. The number of aliphatic imine (C=N–C) groups is 1. The SMILES string of the molecule is CC(C)C[C@H](NC(=O)[C@@H]1CCCN1C(=O)[C@H](CO)NC(=O)[C@H](CCCCN)NC(=O)[C@H](CO)NC(=O)[C@H](CCCN=C(N)N)NC(=O)[C@@H](N)CCC(N)=O)C(=O)O. The van der Waals surface area contributed by atoms with Gasteiger partial charge < -0.3 is 75.5 Å². The van der Waals surface area contributed by atoms with Crippen LogP contribution in [-0.2, 0) is 38.4 Å². The van der Waals surface area contributed by atoms with E-state index >= 15 is 0 Å². The zero-order valence-corrected chi connectivity index (χ0v) is 32.6. The van der Waals surface area contributed by atoms with Crippen LogP contribution in [0.25, 0.3) is 0 Å². The predicted octanol–water partition coefficient (Wildman–Crippen LogP) is -5.71. The highest BCUT2D eigenvalue weighted by Gasteiger charge is 2.39. The van der Waals surface area contributed by atoms with Crippen LogP contribution >= 0.6 is 0 Å². The van der Waals surface area contributed by atoms with Crippen molar-refractivity contribution >= 4 is 53.3 Å². The summed E-state index contributed by atoms with van der Waals surface area (Å²) in [4.78, 5) is 108. The van der Waals surface area contributed by atoms with Gasteiger partial charge in [0.2, 0.25) is 41.4 Å². The summed E-state index contributed by atoms with van der Waals surface area (Å²) in [5.74, 6) is -7.32. The number of likely N-dealkylation sites (tertiary alicyclic amines) is 1. The van der Waals surface area contributed by atoms with E-state index < -0.39 is 103 Å². The maximum atomic E-state index is 13.6. The number of primary amides is 1. The van der Waals surface area contributed by atoms with Gasteiger partial charge in [-0.25, -0.2) is 4.79 Å². The van der Waals surface area contributed by atoms with Crippen LogP contribution in [-0.4, -0.2) is 149 Å². The third kappa shape index (κ3) is 18.1. The summed E-state index contributed by atoms with van der Waals surface area (Å²) < 4.78 is 0. The van der Waals surface area contributed by atoms with Crippen molar-refractivity contribution in [3.05, 3.63) is 0 Å². The third-order valence-electron chi connectivity index (χ3n) is 8.97. The highest BCUT2D eigenvalue weighted by molar-refractivity contribution is 5.97. The molecule has 0 aliphatic carbocycles. The number of nitrogens with two attached hydrogens (primary N) is 5. The van der Waals surface area contributed by atoms with Gasteiger partial charge in [0, 0.05) is 19.5 Å². The van der Waals surface area contributed by atoms with Crippen LogP contribution < -0.4 is 55.3 Å². The molecule has 57 heavy (non-hydrogen) atoms. The molecule has 7 atom stereocenters. The Morgan fingerprint density at radius 3 is 1.81 bits per heavy atom. The molecule has 23 nitrogen and oxygen atoms in total. The number of carbonyl (C=O) groups excluding carboxylic acids is 7. The van der Waals surface area contributed by atoms with E-state index in [1.807, 2.05) is 0 Å². The van der Waals surface area contributed by atoms with E-state index in [-0.39, 0.29) is 76.5 Å². The number of carboxylic acids is 1. The second-order valence-corrected chi connectivity index (χ2v) is 14.2. The van der Waals surface area contributed by atoms with Gasteiger partial charge in [0.05, 0.1) is 19.3 Å². The Kier molecular flexibility index (Phi) is 22.7. The lowest BCUT2D eigenvalue weighted by atomic mass is 10.0. The maximum Gasteiger partial charge on any atom is 0.326 e. The third-order valence-corrected chi connectivity index (χ3v) is 8.97. The van der Waals surface area contributed by atoms with Crippen LogP contribution in [0.4, 0.5) is 0 Å². The summed E-state index contributed by atoms with van der Waals surface area (Å²) in [5, 5.41) is 41.9. The van der Waals surface area contributed by atoms with Gasteiger partial charge in [0.1, 0.15) is 36.3 Å².